The van der Waals surface area contributed by atoms with Crippen LogP contribution in [0, 0.1) is 5.92 Å². The van der Waals surface area contributed by atoms with Crippen LogP contribution in [0.2, 0.25) is 0 Å². The maximum absolute atomic E-state index is 12.6. The Labute approximate surface area is 346 Å². The molecule has 0 aliphatic rings. The second kappa shape index (κ2) is 39.6. The zero-order chi connectivity index (χ0) is 42.2. The zero-order valence-electron chi connectivity index (χ0n) is 36.2. The van der Waals surface area contributed by atoms with Crippen molar-refractivity contribution in [3.63, 3.8) is 0 Å². The number of carbonyl (C=O) groups is 3. The van der Waals surface area contributed by atoms with Gasteiger partial charge in [0.25, 0.3) is 0 Å². The summed E-state index contributed by atoms with van der Waals surface area (Å²) in [7, 11) is -4.64. The van der Waals surface area contributed by atoms with Crippen LogP contribution < -0.4 is 0 Å². The minimum absolute atomic E-state index is 0.135. The monoisotopic (exact) mass is 831 g/mol. The minimum atomic E-state index is -4.64. The Balaban J connectivity index is 4.31. The number of allylic oxidation sites excluding steroid dienone is 4. The summed E-state index contributed by atoms with van der Waals surface area (Å²) in [6, 6.07) is 0. The van der Waals surface area contributed by atoms with E-state index in [4.69, 9.17) is 19.1 Å². The lowest BCUT2D eigenvalue weighted by atomic mass is 9.99. The Kier molecular flexibility index (Phi) is 38.3. The maximum atomic E-state index is 12.6. The first-order valence-electron chi connectivity index (χ1n) is 22.6. The number of hydrogen-bond donors (Lipinski definition) is 3. The summed E-state index contributed by atoms with van der Waals surface area (Å²) in [4.78, 5) is 46.8. The van der Waals surface area contributed by atoms with Crippen molar-refractivity contribution in [1.29, 1.82) is 0 Å². The SMILES string of the molecule is CCCCCC(=O)/C=C/C=C\CCCCCCCC(=O)O[C@H](COC(=O)CCCCCCCCCCCCCCCCC(C)CC)COP(=O)(O)OC[C@@H](O)CO. The number of hydrogen-bond acceptors (Lipinski definition) is 10. The number of phosphoric ester groups is 1. The predicted octanol–water partition coefficient (Wildman–Crippen LogP) is 11.2. The third-order valence-corrected chi connectivity index (χ3v) is 11.1. The summed E-state index contributed by atoms with van der Waals surface area (Å²) in [6.45, 7) is 4.56. The molecule has 0 saturated heterocycles. The van der Waals surface area contributed by atoms with Gasteiger partial charge >= 0.3 is 19.8 Å². The molecule has 11 nitrogen and oxygen atoms in total. The molecule has 0 rings (SSSR count). The van der Waals surface area contributed by atoms with E-state index >= 15 is 0 Å². The van der Waals surface area contributed by atoms with Gasteiger partial charge in [0.2, 0.25) is 0 Å². The number of phosphoric acid groups is 1. The first-order chi connectivity index (χ1) is 27.5. The molecule has 0 heterocycles. The molecule has 0 aliphatic heterocycles. The minimum Gasteiger partial charge on any atom is -0.462 e. The van der Waals surface area contributed by atoms with Gasteiger partial charge in [-0.15, -0.1) is 0 Å². The number of esters is 2. The largest absolute Gasteiger partial charge is 0.472 e. The van der Waals surface area contributed by atoms with Gasteiger partial charge in [-0.05, 0) is 44.1 Å². The van der Waals surface area contributed by atoms with E-state index in [1.54, 1.807) is 12.2 Å². The molecule has 0 aromatic rings. The molecular formula is C45H83O11P. The molecule has 0 amide bonds. The van der Waals surface area contributed by atoms with Gasteiger partial charge in [0.1, 0.15) is 12.7 Å². The Morgan fingerprint density at radius 3 is 1.70 bits per heavy atom. The third kappa shape index (κ3) is 39.4. The lowest BCUT2D eigenvalue weighted by molar-refractivity contribution is -0.161. The fraction of sp³-hybridized carbons (Fsp3) is 0.844. The van der Waals surface area contributed by atoms with E-state index in [-0.39, 0.29) is 25.2 Å². The summed E-state index contributed by atoms with van der Waals surface area (Å²) in [5.41, 5.74) is 0. The highest BCUT2D eigenvalue weighted by Gasteiger charge is 2.27. The molecule has 4 atom stereocenters. The average Bonchev–Trinajstić information content (AvgIpc) is 3.19. The molecule has 0 bridgehead atoms. The molecule has 0 aromatic heterocycles. The van der Waals surface area contributed by atoms with Crippen LogP contribution in [0.4, 0.5) is 0 Å². The number of unbranched alkanes of at least 4 members (excludes halogenated alkanes) is 20. The normalized spacial score (nSPS) is 14.5. The van der Waals surface area contributed by atoms with Crippen LogP contribution in [0.5, 0.6) is 0 Å². The van der Waals surface area contributed by atoms with Gasteiger partial charge in [-0.25, -0.2) is 4.57 Å². The van der Waals surface area contributed by atoms with E-state index in [1.807, 2.05) is 6.08 Å². The number of ketones is 1. The van der Waals surface area contributed by atoms with Crippen molar-refractivity contribution >= 4 is 25.5 Å². The van der Waals surface area contributed by atoms with Gasteiger partial charge in [-0.2, -0.15) is 0 Å². The highest BCUT2D eigenvalue weighted by molar-refractivity contribution is 7.47. The molecule has 0 radical (unpaired) electrons. The van der Waals surface area contributed by atoms with E-state index in [0.29, 0.717) is 19.3 Å². The molecular weight excluding hydrogens is 747 g/mol. The molecule has 12 heteroatoms. The quantitative estimate of drug-likeness (QED) is 0.0176. The Hall–Kier alpha value is -1.88. The summed E-state index contributed by atoms with van der Waals surface area (Å²) in [5, 5.41) is 18.3. The predicted molar refractivity (Wildman–Crippen MR) is 229 cm³/mol. The lowest BCUT2D eigenvalue weighted by Gasteiger charge is -2.20. The van der Waals surface area contributed by atoms with Crippen LogP contribution in [0.15, 0.2) is 24.3 Å². The number of carbonyl (C=O) groups excluding carboxylic acids is 3. The second-order valence-electron chi connectivity index (χ2n) is 15.7. The van der Waals surface area contributed by atoms with Crippen molar-refractivity contribution in [1.82, 2.24) is 0 Å². The number of aliphatic hydroxyl groups is 2. The molecule has 57 heavy (non-hydrogen) atoms. The van der Waals surface area contributed by atoms with Crippen molar-refractivity contribution in [2.75, 3.05) is 26.4 Å². The van der Waals surface area contributed by atoms with Crippen molar-refractivity contribution in [2.45, 2.75) is 213 Å². The van der Waals surface area contributed by atoms with Crippen molar-refractivity contribution in [3.8, 4) is 0 Å². The van der Waals surface area contributed by atoms with Gasteiger partial charge in [0, 0.05) is 19.3 Å². The summed E-state index contributed by atoms with van der Waals surface area (Å²) < 4.78 is 32.7. The fourth-order valence-electron chi connectivity index (χ4n) is 6.19. The summed E-state index contributed by atoms with van der Waals surface area (Å²) >= 11 is 0. The summed E-state index contributed by atoms with van der Waals surface area (Å²) in [6.07, 6.45) is 34.0. The molecule has 0 aromatic carbocycles. The fourth-order valence-corrected chi connectivity index (χ4v) is 6.98. The number of rotatable bonds is 42. The van der Waals surface area contributed by atoms with Crippen LogP contribution in [-0.2, 0) is 37.5 Å². The van der Waals surface area contributed by atoms with E-state index in [1.165, 1.54) is 77.0 Å². The zero-order valence-corrected chi connectivity index (χ0v) is 37.1. The van der Waals surface area contributed by atoms with Crippen LogP contribution >= 0.6 is 7.82 Å². The standard InChI is InChI=1S/C45H83O11P/c1-4-6-26-32-41(47)33-28-23-19-15-13-17-21-25-30-35-45(50)56-43(39-55-57(51,52)54-37-42(48)36-46)38-53-44(49)34-29-24-20-16-12-10-8-7-9-11-14-18-22-27-31-40(3)5-2/h19,23,28,33,40,42-43,46,48H,4-18,20-22,24-27,29-32,34-39H2,1-3H3,(H,51,52)/b23-19-,33-28+/t40?,42-,43+/m0/s1. The maximum Gasteiger partial charge on any atom is 0.472 e. The number of ether oxygens (including phenoxy) is 2. The molecule has 2 unspecified atom stereocenters. The highest BCUT2D eigenvalue weighted by atomic mass is 31.2. The molecule has 0 fully saturated rings. The van der Waals surface area contributed by atoms with E-state index in [0.717, 1.165) is 76.5 Å². The lowest BCUT2D eigenvalue weighted by Crippen LogP contribution is -2.29. The van der Waals surface area contributed by atoms with Gasteiger partial charge in [-0.1, -0.05) is 167 Å². The van der Waals surface area contributed by atoms with Crippen LogP contribution in [0.1, 0.15) is 201 Å². The van der Waals surface area contributed by atoms with Crippen LogP contribution in [-0.4, -0.2) is 71.5 Å². The first-order valence-corrected chi connectivity index (χ1v) is 24.1. The molecule has 0 saturated carbocycles. The smallest absolute Gasteiger partial charge is 0.462 e. The van der Waals surface area contributed by atoms with Crippen molar-refractivity contribution in [3.05, 3.63) is 24.3 Å². The van der Waals surface area contributed by atoms with Crippen LogP contribution in [0.25, 0.3) is 0 Å². The van der Waals surface area contributed by atoms with E-state index in [9.17, 15) is 28.9 Å². The Morgan fingerprint density at radius 2 is 1.14 bits per heavy atom. The van der Waals surface area contributed by atoms with Gasteiger partial charge in [-0.3, -0.25) is 23.4 Å². The highest BCUT2D eigenvalue weighted by Crippen LogP contribution is 2.43. The number of aliphatic hydroxyl groups excluding tert-OH is 2. The summed E-state index contributed by atoms with van der Waals surface area (Å²) in [5.74, 6) is 0.0534. The Bertz CT molecular complexity index is 1080. The van der Waals surface area contributed by atoms with E-state index in [2.05, 4.69) is 31.4 Å². The molecule has 3 N–H and O–H groups in total. The van der Waals surface area contributed by atoms with Crippen molar-refractivity contribution < 1.29 is 52.6 Å². The van der Waals surface area contributed by atoms with E-state index < -0.39 is 51.8 Å². The van der Waals surface area contributed by atoms with Gasteiger partial charge in [0.15, 0.2) is 11.9 Å². The molecule has 0 aliphatic carbocycles. The third-order valence-electron chi connectivity index (χ3n) is 10.1. The van der Waals surface area contributed by atoms with Gasteiger partial charge < -0.3 is 24.6 Å². The topological polar surface area (TPSA) is 166 Å². The van der Waals surface area contributed by atoms with Crippen molar-refractivity contribution in [2.24, 2.45) is 5.92 Å². The second-order valence-corrected chi connectivity index (χ2v) is 17.2. The Morgan fingerprint density at radius 1 is 0.632 bits per heavy atom. The average molecular weight is 831 g/mol. The molecule has 334 valence electrons. The van der Waals surface area contributed by atoms with Gasteiger partial charge in [0.05, 0.1) is 19.8 Å². The van der Waals surface area contributed by atoms with Crippen LogP contribution in [0.3, 0.4) is 0 Å². The first kappa shape index (κ1) is 55.1. The molecule has 0 spiro atoms.